The highest BCUT2D eigenvalue weighted by Gasteiger charge is 2.22. The van der Waals surface area contributed by atoms with Gasteiger partial charge in [0.25, 0.3) is 0 Å². The number of piperidine rings is 1. The molecule has 1 aliphatic heterocycles. The van der Waals surface area contributed by atoms with E-state index in [-0.39, 0.29) is 42.3 Å². The van der Waals surface area contributed by atoms with Crippen molar-refractivity contribution in [3.8, 4) is 23.2 Å². The summed E-state index contributed by atoms with van der Waals surface area (Å²) in [7, 11) is 0. The normalized spacial score (nSPS) is 16.4. The van der Waals surface area contributed by atoms with Gasteiger partial charge in [-0.25, -0.2) is 4.98 Å². The number of nitrogens with two attached hydrogens (primary N) is 1. The van der Waals surface area contributed by atoms with E-state index >= 15 is 0 Å². The number of hydrogen-bond donors (Lipinski definition) is 3. The van der Waals surface area contributed by atoms with Crippen molar-refractivity contribution in [1.29, 1.82) is 5.26 Å². The number of aromatic hydroxyl groups is 1. The summed E-state index contributed by atoms with van der Waals surface area (Å²) >= 11 is 0. The van der Waals surface area contributed by atoms with Crippen molar-refractivity contribution in [2.24, 2.45) is 0 Å². The molecule has 1 atom stereocenters. The Morgan fingerprint density at radius 2 is 2.17 bits per heavy atom. The van der Waals surface area contributed by atoms with Gasteiger partial charge in [0.15, 0.2) is 0 Å². The summed E-state index contributed by atoms with van der Waals surface area (Å²) in [5.74, 6) is 0.454. The van der Waals surface area contributed by atoms with Crippen molar-refractivity contribution in [2.75, 3.05) is 18.8 Å². The Morgan fingerprint density at radius 3 is 2.79 bits per heavy atom. The first-order chi connectivity index (χ1) is 10.7. The molecule has 0 saturated carbocycles. The van der Waals surface area contributed by atoms with Crippen LogP contribution in [0.2, 0.25) is 0 Å². The summed E-state index contributed by atoms with van der Waals surface area (Å²) in [6, 6.07) is 7.19. The number of aromatic nitrogens is 2. The summed E-state index contributed by atoms with van der Waals surface area (Å²) in [5, 5.41) is 22.7. The topological polar surface area (TPSA) is 108 Å². The molecule has 1 aliphatic rings. The molecule has 3 rings (SSSR count). The molecule has 2 aromatic heterocycles. The van der Waals surface area contributed by atoms with Crippen LogP contribution in [-0.2, 0) is 0 Å². The number of nitrogens with one attached hydrogen (secondary N) is 1. The van der Waals surface area contributed by atoms with Gasteiger partial charge in [0.1, 0.15) is 23.3 Å². The van der Waals surface area contributed by atoms with Gasteiger partial charge in [-0.05, 0) is 49.1 Å². The molecule has 6 nitrogen and oxygen atoms in total. The van der Waals surface area contributed by atoms with E-state index in [4.69, 9.17) is 5.73 Å². The molecule has 1 unspecified atom stereocenters. The zero-order valence-electron chi connectivity index (χ0n) is 12.9. The molecule has 24 heavy (non-hydrogen) atoms. The highest BCUT2D eigenvalue weighted by molar-refractivity contribution is 5.85. The average Bonchev–Trinajstić information content (AvgIpc) is 2.55. The molecule has 0 radical (unpaired) electrons. The van der Waals surface area contributed by atoms with E-state index in [1.165, 1.54) is 0 Å². The third kappa shape index (κ3) is 3.88. The first kappa shape index (κ1) is 20.0. The van der Waals surface area contributed by atoms with Crippen molar-refractivity contribution >= 4 is 30.6 Å². The van der Waals surface area contributed by atoms with Gasteiger partial charge in [0.05, 0.1) is 11.3 Å². The minimum absolute atomic E-state index is 0. The van der Waals surface area contributed by atoms with Crippen LogP contribution in [0.5, 0.6) is 5.75 Å². The van der Waals surface area contributed by atoms with Crippen molar-refractivity contribution in [2.45, 2.75) is 18.8 Å². The number of nitriles is 1. The maximum Gasteiger partial charge on any atom is 0.143 e. The molecule has 8 heteroatoms. The van der Waals surface area contributed by atoms with Gasteiger partial charge in [0.2, 0.25) is 0 Å². The van der Waals surface area contributed by atoms with Gasteiger partial charge in [0, 0.05) is 12.7 Å². The number of halogens is 2. The van der Waals surface area contributed by atoms with E-state index in [9.17, 15) is 10.4 Å². The van der Waals surface area contributed by atoms with Gasteiger partial charge in [-0.2, -0.15) is 5.26 Å². The molecule has 0 spiro atoms. The monoisotopic (exact) mass is 367 g/mol. The first-order valence-corrected chi connectivity index (χ1v) is 7.26. The number of nitrogens with zero attached hydrogens (tertiary/aromatic N) is 3. The Kier molecular flexibility index (Phi) is 7.23. The number of rotatable bonds is 2. The summed E-state index contributed by atoms with van der Waals surface area (Å²) in [6.07, 6.45) is 3.65. The Morgan fingerprint density at radius 1 is 1.38 bits per heavy atom. The molecule has 0 aliphatic carbocycles. The second-order valence-corrected chi connectivity index (χ2v) is 5.38. The van der Waals surface area contributed by atoms with Gasteiger partial charge < -0.3 is 16.2 Å². The molecular formula is C16H19Cl2N5O. The molecule has 3 heterocycles. The van der Waals surface area contributed by atoms with Crippen LogP contribution in [0.3, 0.4) is 0 Å². The fraction of sp³-hybridized carbons (Fsp3) is 0.312. The van der Waals surface area contributed by atoms with Crippen LogP contribution in [0.15, 0.2) is 24.4 Å². The minimum atomic E-state index is 0. The van der Waals surface area contributed by atoms with Crippen LogP contribution in [-0.4, -0.2) is 28.2 Å². The lowest BCUT2D eigenvalue weighted by Gasteiger charge is -2.24. The van der Waals surface area contributed by atoms with Gasteiger partial charge >= 0.3 is 0 Å². The highest BCUT2D eigenvalue weighted by atomic mass is 35.5. The number of nitrogen functional groups attached to an aromatic ring is 1. The fourth-order valence-corrected chi connectivity index (χ4v) is 2.86. The summed E-state index contributed by atoms with van der Waals surface area (Å²) in [5.41, 5.74) is 8.14. The lowest BCUT2D eigenvalue weighted by atomic mass is 9.88. The zero-order valence-corrected chi connectivity index (χ0v) is 14.5. The van der Waals surface area contributed by atoms with Crippen molar-refractivity contribution in [3.63, 3.8) is 0 Å². The second-order valence-electron chi connectivity index (χ2n) is 5.38. The Hall–Kier alpha value is -2.07. The van der Waals surface area contributed by atoms with Crippen molar-refractivity contribution < 1.29 is 5.11 Å². The Bertz CT molecular complexity index is 742. The van der Waals surface area contributed by atoms with Crippen molar-refractivity contribution in [3.05, 3.63) is 35.5 Å². The molecule has 0 bridgehead atoms. The second kappa shape index (κ2) is 8.69. The van der Waals surface area contributed by atoms with E-state index in [1.54, 1.807) is 18.3 Å². The van der Waals surface area contributed by atoms with Crippen molar-refractivity contribution in [1.82, 2.24) is 15.3 Å². The number of hydrogen-bond acceptors (Lipinski definition) is 6. The maximum absolute atomic E-state index is 9.96. The lowest BCUT2D eigenvalue weighted by Crippen LogP contribution is -2.29. The molecule has 1 saturated heterocycles. The van der Waals surface area contributed by atoms with Crippen LogP contribution in [0.25, 0.3) is 11.4 Å². The van der Waals surface area contributed by atoms with Gasteiger partial charge in [-0.1, -0.05) is 0 Å². The van der Waals surface area contributed by atoms with E-state index in [1.807, 2.05) is 6.07 Å². The van der Waals surface area contributed by atoms with Crippen LogP contribution in [0, 0.1) is 11.3 Å². The third-order valence-electron chi connectivity index (χ3n) is 3.96. The summed E-state index contributed by atoms with van der Waals surface area (Å²) in [4.78, 5) is 8.41. The summed E-state index contributed by atoms with van der Waals surface area (Å²) < 4.78 is 0. The molecule has 1 fully saturated rings. The maximum atomic E-state index is 9.96. The zero-order chi connectivity index (χ0) is 15.5. The highest BCUT2D eigenvalue weighted by Crippen LogP contribution is 2.33. The van der Waals surface area contributed by atoms with E-state index in [0.717, 1.165) is 31.5 Å². The smallest absolute Gasteiger partial charge is 0.143 e. The average molecular weight is 368 g/mol. The van der Waals surface area contributed by atoms with Crippen LogP contribution in [0.1, 0.15) is 29.9 Å². The molecule has 128 valence electrons. The Labute approximate surface area is 152 Å². The Balaban J connectivity index is 0.00000144. The largest absolute Gasteiger partial charge is 0.506 e. The molecule has 0 aromatic carbocycles. The van der Waals surface area contributed by atoms with Crippen LogP contribution >= 0.6 is 24.8 Å². The molecule has 0 amide bonds. The van der Waals surface area contributed by atoms with Crippen LogP contribution < -0.4 is 11.1 Å². The number of anilines is 1. The SMILES string of the molecule is Cl.Cl.N#Cc1c(C2CCCNC2)cc(-c2ncccc2O)nc1N. The number of pyridine rings is 2. The van der Waals surface area contributed by atoms with E-state index in [0.29, 0.717) is 17.0 Å². The molecular weight excluding hydrogens is 349 g/mol. The van der Waals surface area contributed by atoms with Gasteiger partial charge in [-0.15, -0.1) is 24.8 Å². The van der Waals surface area contributed by atoms with Crippen LogP contribution in [0.4, 0.5) is 5.82 Å². The third-order valence-corrected chi connectivity index (χ3v) is 3.96. The first-order valence-electron chi connectivity index (χ1n) is 7.26. The van der Waals surface area contributed by atoms with E-state index in [2.05, 4.69) is 21.4 Å². The standard InChI is InChI=1S/C16H17N5O.2ClH/c17-8-12-11(10-3-1-5-19-9-10)7-13(21-16(12)18)15-14(22)4-2-6-20-15;;/h2,4,6-7,10,19,22H,1,3,5,9H2,(H2,18,21);2*1H. The predicted octanol–water partition coefficient (Wildman–Crippen LogP) is 2.61. The van der Waals surface area contributed by atoms with Gasteiger partial charge in [-0.3, -0.25) is 4.98 Å². The van der Waals surface area contributed by atoms with E-state index < -0.39 is 0 Å². The lowest BCUT2D eigenvalue weighted by molar-refractivity contribution is 0.461. The molecule has 4 N–H and O–H groups in total. The predicted molar refractivity (Wildman–Crippen MR) is 97.6 cm³/mol. The quantitative estimate of drug-likeness (QED) is 0.752. The molecule has 2 aromatic rings. The fourth-order valence-electron chi connectivity index (χ4n) is 2.86. The minimum Gasteiger partial charge on any atom is -0.506 e. The summed E-state index contributed by atoms with van der Waals surface area (Å²) in [6.45, 7) is 1.80.